The van der Waals surface area contributed by atoms with Gasteiger partial charge in [-0.3, -0.25) is 9.59 Å². The molecule has 35 heavy (non-hydrogen) atoms. The smallest absolute Gasteiger partial charge is 0.272 e. The number of nitrogens with one attached hydrogen (secondary N) is 1. The van der Waals surface area contributed by atoms with E-state index >= 15 is 0 Å². The summed E-state index contributed by atoms with van der Waals surface area (Å²) in [6, 6.07) is 17.9. The van der Waals surface area contributed by atoms with Crippen LogP contribution in [0.15, 0.2) is 74.9 Å². The van der Waals surface area contributed by atoms with Gasteiger partial charge in [0.25, 0.3) is 10.9 Å². The lowest BCUT2D eigenvalue weighted by Crippen LogP contribution is -2.39. The maximum Gasteiger partial charge on any atom is 0.272 e. The van der Waals surface area contributed by atoms with Gasteiger partial charge in [0.1, 0.15) is 17.0 Å². The molecule has 6 nitrogen and oxygen atoms in total. The van der Waals surface area contributed by atoms with Crippen LogP contribution in [0.25, 0.3) is 0 Å². The quantitative estimate of drug-likeness (QED) is 0.281. The molecule has 0 fully saturated rings. The summed E-state index contributed by atoms with van der Waals surface area (Å²) in [6.45, 7) is 8.49. The Bertz CT molecular complexity index is 1350. The highest BCUT2D eigenvalue weighted by Gasteiger charge is 2.27. The Balaban J connectivity index is 1.65. The van der Waals surface area contributed by atoms with Gasteiger partial charge in [0, 0.05) is 23.6 Å². The molecule has 1 N–H and O–H groups in total. The van der Waals surface area contributed by atoms with E-state index in [4.69, 9.17) is 9.47 Å². The van der Waals surface area contributed by atoms with Crippen LogP contribution in [0.5, 0.6) is 11.5 Å². The Kier molecular flexibility index (Phi) is 6.98. The van der Waals surface area contributed by atoms with Crippen LogP contribution < -0.4 is 30.5 Å². The van der Waals surface area contributed by atoms with E-state index in [-0.39, 0.29) is 11.4 Å². The molecule has 0 spiro atoms. The molecule has 4 aromatic rings. The van der Waals surface area contributed by atoms with Gasteiger partial charge >= 0.3 is 0 Å². The van der Waals surface area contributed by atoms with E-state index in [1.54, 1.807) is 18.4 Å². The number of benzene rings is 2. The highest BCUT2D eigenvalue weighted by molar-refractivity contribution is 7.08. The Morgan fingerprint density at radius 3 is 2.37 bits per heavy atom. The molecule has 0 aliphatic heterocycles. The van der Waals surface area contributed by atoms with E-state index in [9.17, 15) is 9.59 Å². The number of hydrogen-bond donors (Lipinski definition) is 1. The Hall–Kier alpha value is -3.58. The fourth-order valence-corrected chi connectivity index (χ4v) is 4.62. The lowest BCUT2D eigenvalue weighted by atomic mass is 10.0. The standard InChI is InChI=1S/C28H30N2O4S/c1-18(19-13-14-35-17-19)16-30(21-9-11-23(33-5)12-10-21)22-8-6-7-20(15-22)29-24-25(31)26(32)27(24)34-28(2,3)4/h6-15,17-18,29H,16H2,1-5H3. The van der Waals surface area contributed by atoms with E-state index in [0.29, 0.717) is 11.6 Å². The summed E-state index contributed by atoms with van der Waals surface area (Å²) in [5, 5.41) is 7.39. The minimum Gasteiger partial charge on any atom is -0.497 e. The molecule has 1 unspecified atom stereocenters. The third-order valence-corrected chi connectivity index (χ3v) is 6.36. The van der Waals surface area contributed by atoms with Gasteiger partial charge in [0.15, 0.2) is 5.75 Å². The maximum absolute atomic E-state index is 12.3. The fourth-order valence-electron chi connectivity index (χ4n) is 3.84. The molecule has 7 heteroatoms. The first-order chi connectivity index (χ1) is 16.7. The second-order valence-corrected chi connectivity index (χ2v) is 10.3. The first kappa shape index (κ1) is 24.5. The molecule has 1 heterocycles. The number of rotatable bonds is 9. The summed E-state index contributed by atoms with van der Waals surface area (Å²) in [6.07, 6.45) is 0. The zero-order valence-corrected chi connectivity index (χ0v) is 21.4. The van der Waals surface area contributed by atoms with Crippen molar-refractivity contribution < 1.29 is 9.47 Å². The van der Waals surface area contributed by atoms with E-state index < -0.39 is 16.5 Å². The lowest BCUT2D eigenvalue weighted by molar-refractivity contribution is 0.128. The molecule has 1 aromatic heterocycles. The molecule has 182 valence electrons. The van der Waals surface area contributed by atoms with Crippen LogP contribution in [0.2, 0.25) is 0 Å². The van der Waals surface area contributed by atoms with Crippen molar-refractivity contribution >= 4 is 34.1 Å². The van der Waals surface area contributed by atoms with Gasteiger partial charge < -0.3 is 19.7 Å². The van der Waals surface area contributed by atoms with Gasteiger partial charge in [0.2, 0.25) is 0 Å². The first-order valence-electron chi connectivity index (χ1n) is 11.5. The molecule has 0 amide bonds. The Morgan fingerprint density at radius 2 is 1.74 bits per heavy atom. The normalized spacial score (nSPS) is 12.4. The van der Waals surface area contributed by atoms with Crippen LogP contribution in [0.4, 0.5) is 22.7 Å². The maximum atomic E-state index is 12.3. The van der Waals surface area contributed by atoms with Gasteiger partial charge in [0.05, 0.1) is 7.11 Å². The van der Waals surface area contributed by atoms with E-state index in [1.165, 1.54) is 5.56 Å². The average molecular weight is 491 g/mol. The predicted octanol–water partition coefficient (Wildman–Crippen LogP) is 6.22. The van der Waals surface area contributed by atoms with E-state index in [1.807, 2.05) is 69.3 Å². The minimum absolute atomic E-state index is 0.0889. The van der Waals surface area contributed by atoms with Crippen molar-refractivity contribution in [1.29, 1.82) is 0 Å². The third-order valence-electron chi connectivity index (χ3n) is 5.65. The summed E-state index contributed by atoms with van der Waals surface area (Å²) >= 11 is 1.69. The minimum atomic E-state index is -0.594. The van der Waals surface area contributed by atoms with Crippen molar-refractivity contribution in [3.63, 3.8) is 0 Å². The number of ether oxygens (including phenoxy) is 2. The molecule has 4 rings (SSSR count). The molecule has 1 atom stereocenters. The van der Waals surface area contributed by atoms with E-state index in [2.05, 4.69) is 34.0 Å². The number of nitrogens with zero attached hydrogens (tertiary/aromatic N) is 1. The second kappa shape index (κ2) is 9.96. The average Bonchev–Trinajstić information content (AvgIpc) is 3.39. The van der Waals surface area contributed by atoms with Crippen LogP contribution in [-0.2, 0) is 0 Å². The highest BCUT2D eigenvalue weighted by Crippen LogP contribution is 2.34. The summed E-state index contributed by atoms with van der Waals surface area (Å²) in [5.41, 5.74) is 2.44. The third kappa shape index (κ3) is 5.57. The predicted molar refractivity (Wildman–Crippen MR) is 144 cm³/mol. The molecule has 0 aliphatic carbocycles. The summed E-state index contributed by atoms with van der Waals surface area (Å²) in [5.74, 6) is 1.17. The Morgan fingerprint density at radius 1 is 1.00 bits per heavy atom. The van der Waals surface area contributed by atoms with Crippen molar-refractivity contribution in [2.45, 2.75) is 39.2 Å². The molecular weight excluding hydrogens is 460 g/mol. The van der Waals surface area contributed by atoms with Crippen LogP contribution in [0.3, 0.4) is 0 Å². The molecule has 0 aliphatic rings. The van der Waals surface area contributed by atoms with Crippen molar-refractivity contribution in [1.82, 2.24) is 0 Å². The first-order valence-corrected chi connectivity index (χ1v) is 12.4. The number of thiophene rings is 1. The number of methoxy groups -OCH3 is 1. The zero-order chi connectivity index (χ0) is 25.2. The second-order valence-electron chi connectivity index (χ2n) is 9.52. The van der Waals surface area contributed by atoms with Crippen LogP contribution in [0.1, 0.15) is 39.2 Å². The van der Waals surface area contributed by atoms with Crippen LogP contribution in [-0.4, -0.2) is 19.3 Å². The van der Waals surface area contributed by atoms with Crippen molar-refractivity contribution in [2.24, 2.45) is 0 Å². The fraction of sp³-hybridized carbons (Fsp3) is 0.286. The summed E-state index contributed by atoms with van der Waals surface area (Å²) < 4.78 is 11.1. The zero-order valence-electron chi connectivity index (χ0n) is 20.6. The molecule has 3 aromatic carbocycles. The molecular formula is C28H30N2O4S. The molecule has 0 saturated heterocycles. The van der Waals surface area contributed by atoms with Gasteiger partial charge in [-0.15, -0.1) is 0 Å². The van der Waals surface area contributed by atoms with Crippen LogP contribution in [0, 0.1) is 0 Å². The van der Waals surface area contributed by atoms with E-state index in [0.717, 1.165) is 23.7 Å². The number of anilines is 4. The van der Waals surface area contributed by atoms with Crippen LogP contribution >= 0.6 is 11.3 Å². The number of hydrogen-bond acceptors (Lipinski definition) is 7. The van der Waals surface area contributed by atoms with Crippen molar-refractivity contribution in [3.05, 3.63) is 91.4 Å². The SMILES string of the molecule is COc1ccc(N(CC(C)c2ccsc2)c2cccc(Nc3c(OC(C)(C)C)c(=O)c3=O)c2)cc1. The van der Waals surface area contributed by atoms with Gasteiger partial charge in [-0.05, 0) is 91.5 Å². The molecule has 0 saturated carbocycles. The van der Waals surface area contributed by atoms with Gasteiger partial charge in [-0.25, -0.2) is 0 Å². The Labute approximate surface area is 209 Å². The monoisotopic (exact) mass is 490 g/mol. The topological polar surface area (TPSA) is 67.9 Å². The summed E-state index contributed by atoms with van der Waals surface area (Å²) in [4.78, 5) is 26.6. The van der Waals surface area contributed by atoms with Crippen molar-refractivity contribution in [2.75, 3.05) is 23.9 Å². The van der Waals surface area contributed by atoms with Gasteiger partial charge in [-0.1, -0.05) is 13.0 Å². The van der Waals surface area contributed by atoms with Gasteiger partial charge in [-0.2, -0.15) is 11.3 Å². The highest BCUT2D eigenvalue weighted by atomic mass is 32.1. The molecule has 0 radical (unpaired) electrons. The lowest BCUT2D eigenvalue weighted by Gasteiger charge is -2.29. The molecule has 0 bridgehead atoms. The summed E-state index contributed by atoms with van der Waals surface area (Å²) in [7, 11) is 1.65. The van der Waals surface area contributed by atoms with Crippen molar-refractivity contribution in [3.8, 4) is 11.5 Å². The largest absolute Gasteiger partial charge is 0.497 e.